The van der Waals surface area contributed by atoms with Gasteiger partial charge >= 0.3 is 6.03 Å². The number of nitrogens with one attached hydrogen (secondary N) is 1. The highest BCUT2D eigenvalue weighted by atomic mass is 35.5. The first-order valence-electron chi connectivity index (χ1n) is 14.6. The average molecular weight is 633 g/mol. The van der Waals surface area contributed by atoms with E-state index in [0.29, 0.717) is 55.4 Å². The SMILES string of the molecule is COc1cc(OC)c(Cl)c(N2Cc3cnc(NC4CCCCC4)nc3N([C@H]3CCN(C(=O)/C=C/CN(C)C)C3)C2=O)c1Cl. The smallest absolute Gasteiger partial charge is 0.330 e. The fourth-order valence-corrected chi connectivity index (χ4v) is 6.62. The van der Waals surface area contributed by atoms with E-state index in [1.165, 1.54) is 38.4 Å². The Hall–Kier alpha value is -3.28. The molecule has 2 aliphatic heterocycles. The van der Waals surface area contributed by atoms with Crippen LogP contribution in [0.3, 0.4) is 0 Å². The molecule has 232 valence electrons. The number of nitrogens with zero attached hydrogens (tertiary/aromatic N) is 6. The summed E-state index contributed by atoms with van der Waals surface area (Å²) in [5, 5.41) is 3.86. The molecule has 1 aliphatic carbocycles. The summed E-state index contributed by atoms with van der Waals surface area (Å²) in [6.45, 7) is 1.69. The third-order valence-electron chi connectivity index (χ3n) is 8.17. The molecule has 0 spiro atoms. The number of carbonyl (C=O) groups is 2. The van der Waals surface area contributed by atoms with E-state index in [2.05, 4.69) is 10.3 Å². The van der Waals surface area contributed by atoms with Crippen LogP contribution < -0.4 is 24.6 Å². The summed E-state index contributed by atoms with van der Waals surface area (Å²) in [5.74, 6) is 1.59. The lowest BCUT2D eigenvalue weighted by Gasteiger charge is -2.40. The van der Waals surface area contributed by atoms with E-state index in [9.17, 15) is 9.59 Å². The van der Waals surface area contributed by atoms with E-state index in [0.717, 1.165) is 18.4 Å². The number of hydrogen-bond acceptors (Lipinski definition) is 8. The molecule has 3 aliphatic rings. The zero-order valence-corrected chi connectivity index (χ0v) is 26.6. The van der Waals surface area contributed by atoms with Gasteiger partial charge in [0.05, 0.1) is 32.5 Å². The highest BCUT2D eigenvalue weighted by molar-refractivity contribution is 6.42. The number of rotatable bonds is 9. The summed E-state index contributed by atoms with van der Waals surface area (Å²) in [4.78, 5) is 43.9. The van der Waals surface area contributed by atoms with E-state index in [-0.39, 0.29) is 40.3 Å². The van der Waals surface area contributed by atoms with Gasteiger partial charge in [-0.25, -0.2) is 9.78 Å². The first-order valence-corrected chi connectivity index (χ1v) is 15.4. The first-order chi connectivity index (χ1) is 20.7. The molecule has 1 saturated heterocycles. The van der Waals surface area contributed by atoms with E-state index in [1.54, 1.807) is 28.1 Å². The normalized spacial score (nSPS) is 19.4. The number of likely N-dealkylation sites (N-methyl/N-ethyl adjacent to an activating group) is 1. The molecular weight excluding hydrogens is 593 g/mol. The van der Waals surface area contributed by atoms with Gasteiger partial charge in [0.1, 0.15) is 27.4 Å². The molecule has 1 N–H and O–H groups in total. The number of aromatic nitrogens is 2. The van der Waals surface area contributed by atoms with Crippen molar-refractivity contribution in [3.63, 3.8) is 0 Å². The zero-order valence-electron chi connectivity index (χ0n) is 25.1. The van der Waals surface area contributed by atoms with Crippen LogP contribution in [0.25, 0.3) is 0 Å². The van der Waals surface area contributed by atoms with Crippen molar-refractivity contribution in [2.75, 3.05) is 63.1 Å². The number of halogens is 2. The number of urea groups is 1. The Morgan fingerprint density at radius 3 is 2.47 bits per heavy atom. The van der Waals surface area contributed by atoms with Crippen molar-refractivity contribution in [3.8, 4) is 11.5 Å². The van der Waals surface area contributed by atoms with Gasteiger partial charge in [0.15, 0.2) is 0 Å². The second-order valence-corrected chi connectivity index (χ2v) is 12.2. The summed E-state index contributed by atoms with van der Waals surface area (Å²) < 4.78 is 10.9. The number of methoxy groups -OCH3 is 2. The zero-order chi connectivity index (χ0) is 30.7. The lowest BCUT2D eigenvalue weighted by atomic mass is 9.96. The van der Waals surface area contributed by atoms with Crippen molar-refractivity contribution in [1.29, 1.82) is 0 Å². The largest absolute Gasteiger partial charge is 0.495 e. The summed E-state index contributed by atoms with van der Waals surface area (Å²) in [5.41, 5.74) is 1.01. The van der Waals surface area contributed by atoms with Crippen molar-refractivity contribution in [2.45, 2.75) is 57.2 Å². The van der Waals surface area contributed by atoms with Crippen LogP contribution in [0.4, 0.5) is 22.2 Å². The van der Waals surface area contributed by atoms with Gasteiger partial charge in [0.2, 0.25) is 11.9 Å². The summed E-state index contributed by atoms with van der Waals surface area (Å²) >= 11 is 13.5. The molecule has 11 nitrogen and oxygen atoms in total. The van der Waals surface area contributed by atoms with Gasteiger partial charge in [-0.1, -0.05) is 48.5 Å². The van der Waals surface area contributed by atoms with Crippen LogP contribution in [0, 0.1) is 0 Å². The second-order valence-electron chi connectivity index (χ2n) is 11.4. The number of anilines is 3. The quantitative estimate of drug-likeness (QED) is 0.376. The highest BCUT2D eigenvalue weighted by Gasteiger charge is 2.42. The van der Waals surface area contributed by atoms with Gasteiger partial charge in [-0.15, -0.1) is 0 Å². The molecule has 0 radical (unpaired) electrons. The van der Waals surface area contributed by atoms with Crippen LogP contribution in [-0.4, -0.2) is 91.7 Å². The third-order valence-corrected chi connectivity index (χ3v) is 8.90. The maximum absolute atomic E-state index is 14.5. The second kappa shape index (κ2) is 13.6. The monoisotopic (exact) mass is 631 g/mol. The van der Waals surface area contributed by atoms with E-state index < -0.39 is 0 Å². The molecule has 3 heterocycles. The van der Waals surface area contributed by atoms with Crippen LogP contribution in [0.1, 0.15) is 44.1 Å². The van der Waals surface area contributed by atoms with Crippen LogP contribution in [-0.2, 0) is 11.3 Å². The van der Waals surface area contributed by atoms with E-state index >= 15 is 0 Å². The van der Waals surface area contributed by atoms with Gasteiger partial charge in [-0.05, 0) is 33.4 Å². The van der Waals surface area contributed by atoms with Crippen LogP contribution in [0.5, 0.6) is 11.5 Å². The Balaban J connectivity index is 1.51. The average Bonchev–Trinajstić information content (AvgIpc) is 3.48. The molecule has 2 fully saturated rings. The minimum absolute atomic E-state index is 0.0862. The fourth-order valence-electron chi connectivity index (χ4n) is 5.91. The Morgan fingerprint density at radius 2 is 1.81 bits per heavy atom. The molecule has 1 atom stereocenters. The summed E-state index contributed by atoms with van der Waals surface area (Å²) in [7, 11) is 6.87. The Kier molecular flexibility index (Phi) is 9.83. The minimum atomic E-state index is -0.351. The van der Waals surface area contributed by atoms with Gasteiger partial charge in [-0.2, -0.15) is 4.98 Å². The van der Waals surface area contributed by atoms with Gasteiger partial charge in [-0.3, -0.25) is 14.6 Å². The van der Waals surface area contributed by atoms with Crippen molar-refractivity contribution in [2.24, 2.45) is 0 Å². The molecule has 2 aromatic rings. The van der Waals surface area contributed by atoms with Crippen molar-refractivity contribution >= 4 is 52.6 Å². The number of likely N-dealkylation sites (tertiary alicyclic amines) is 1. The predicted octanol–water partition coefficient (Wildman–Crippen LogP) is 5.21. The van der Waals surface area contributed by atoms with Crippen molar-refractivity contribution < 1.29 is 19.1 Å². The predicted molar refractivity (Wildman–Crippen MR) is 169 cm³/mol. The molecule has 3 amide bonds. The topological polar surface area (TPSA) is 103 Å². The maximum atomic E-state index is 14.5. The number of fused-ring (bicyclic) bond motifs is 1. The number of hydrogen-bond donors (Lipinski definition) is 1. The number of amides is 3. The first kappa shape index (κ1) is 31.2. The Morgan fingerprint density at radius 1 is 1.12 bits per heavy atom. The number of benzene rings is 1. The summed E-state index contributed by atoms with van der Waals surface area (Å²) in [6, 6.07) is 1.22. The molecule has 1 aromatic heterocycles. The highest BCUT2D eigenvalue weighted by Crippen LogP contribution is 2.48. The van der Waals surface area contributed by atoms with E-state index in [1.807, 2.05) is 25.1 Å². The minimum Gasteiger partial charge on any atom is -0.495 e. The fraction of sp³-hybridized carbons (Fsp3) is 0.533. The molecule has 5 rings (SSSR count). The number of carbonyl (C=O) groups excluding carboxylic acids is 2. The molecule has 0 bridgehead atoms. The molecule has 1 saturated carbocycles. The van der Waals surface area contributed by atoms with Gasteiger partial charge in [0.25, 0.3) is 0 Å². The molecule has 43 heavy (non-hydrogen) atoms. The van der Waals surface area contributed by atoms with Crippen molar-refractivity contribution in [1.82, 2.24) is 19.8 Å². The van der Waals surface area contributed by atoms with Gasteiger partial charge in [0, 0.05) is 49.6 Å². The van der Waals surface area contributed by atoms with Gasteiger partial charge < -0.3 is 24.6 Å². The molecule has 1 aromatic carbocycles. The maximum Gasteiger partial charge on any atom is 0.330 e. The lowest BCUT2D eigenvalue weighted by molar-refractivity contribution is -0.125. The van der Waals surface area contributed by atoms with E-state index in [4.69, 9.17) is 37.7 Å². The number of ether oxygens (including phenoxy) is 2. The standard InChI is InChI=1S/C30H39Cl2N7O4/c1-36(2)13-8-11-24(40)37-14-12-21(18-37)39-28-19(16-33-29(35-28)34-20-9-6-5-7-10-20)17-38(30(39)41)27-25(31)22(42-3)15-23(43-4)26(27)32/h8,11,15-16,20-21H,5-7,9-10,12-14,17-18H2,1-4H3,(H,33,34,35)/b11-8+/t21-/m0/s1. The molecule has 13 heteroatoms. The summed E-state index contributed by atoms with van der Waals surface area (Å²) in [6.07, 6.45) is 11.5. The van der Waals surface area contributed by atoms with Crippen LogP contribution >= 0.6 is 23.2 Å². The lowest BCUT2D eigenvalue weighted by Crippen LogP contribution is -2.53. The molecular formula is C30H39Cl2N7O4. The van der Waals surface area contributed by atoms with Crippen LogP contribution in [0.15, 0.2) is 24.4 Å². The van der Waals surface area contributed by atoms with Crippen LogP contribution in [0.2, 0.25) is 10.0 Å². The Bertz CT molecular complexity index is 1350. The van der Waals surface area contributed by atoms with Crippen molar-refractivity contribution in [3.05, 3.63) is 40.0 Å². The Labute approximate surface area is 262 Å². The molecule has 0 unspecified atom stereocenters. The third kappa shape index (κ3) is 6.63.